The summed E-state index contributed by atoms with van der Waals surface area (Å²) in [6.45, 7) is 1.76. The topological polar surface area (TPSA) is 127 Å². The van der Waals surface area contributed by atoms with Crippen LogP contribution in [0.3, 0.4) is 0 Å². The van der Waals surface area contributed by atoms with Crippen molar-refractivity contribution in [1.29, 1.82) is 0 Å². The third-order valence-electron chi connectivity index (χ3n) is 4.33. The minimum Gasteiger partial charge on any atom is -0.368 e. The summed E-state index contributed by atoms with van der Waals surface area (Å²) in [5.41, 5.74) is 13.9. The highest BCUT2D eigenvalue weighted by Crippen LogP contribution is 2.28. The average molecular weight is 402 g/mol. The van der Waals surface area contributed by atoms with Crippen LogP contribution >= 0.6 is 11.3 Å². The number of nitrogens with one attached hydrogen (secondary N) is 1. The predicted octanol–water partition coefficient (Wildman–Crippen LogP) is 2.37. The lowest BCUT2D eigenvalue weighted by Gasteiger charge is -2.26. The maximum atomic E-state index is 14.6. The second kappa shape index (κ2) is 7.77. The van der Waals surface area contributed by atoms with Crippen LogP contribution in [0.4, 0.5) is 21.7 Å². The Bertz CT molecular complexity index is 1050. The third kappa shape index (κ3) is 3.72. The van der Waals surface area contributed by atoms with Gasteiger partial charge in [-0.2, -0.15) is 0 Å². The molecule has 0 saturated carbocycles. The number of aromatic nitrogens is 2. The van der Waals surface area contributed by atoms with Gasteiger partial charge in [0.15, 0.2) is 11.6 Å². The molecule has 146 valence electrons. The van der Waals surface area contributed by atoms with Gasteiger partial charge in [-0.3, -0.25) is 9.59 Å². The fraction of sp³-hybridized carbons (Fsp3) is 0.222. The van der Waals surface area contributed by atoms with E-state index in [4.69, 9.17) is 11.5 Å². The number of benzene rings is 1. The summed E-state index contributed by atoms with van der Waals surface area (Å²) < 4.78 is 15.5. The van der Waals surface area contributed by atoms with Crippen molar-refractivity contribution in [2.24, 2.45) is 11.5 Å². The molecule has 0 radical (unpaired) electrons. The molecule has 28 heavy (non-hydrogen) atoms. The van der Waals surface area contributed by atoms with Crippen molar-refractivity contribution in [2.75, 3.05) is 17.3 Å². The number of hydrogen-bond donors (Lipinski definition) is 3. The van der Waals surface area contributed by atoms with Gasteiger partial charge in [0.25, 0.3) is 5.91 Å². The molecule has 10 heteroatoms. The Hall–Kier alpha value is -3.27. The molecule has 0 saturated heterocycles. The fourth-order valence-electron chi connectivity index (χ4n) is 2.89. The smallest absolute Gasteiger partial charge is 0.252 e. The van der Waals surface area contributed by atoms with Gasteiger partial charge in [0.1, 0.15) is 11.9 Å². The molecule has 0 aliphatic rings. The molecule has 0 aliphatic heterocycles. The number of carbonyl (C=O) groups is 2. The van der Waals surface area contributed by atoms with Crippen LogP contribution in [-0.4, -0.2) is 34.9 Å². The van der Waals surface area contributed by atoms with Gasteiger partial charge in [-0.05, 0) is 30.7 Å². The monoisotopic (exact) mass is 402 g/mol. The van der Waals surface area contributed by atoms with Gasteiger partial charge < -0.3 is 21.7 Å². The van der Waals surface area contributed by atoms with Crippen LogP contribution in [0.25, 0.3) is 10.2 Å². The number of hydrogen-bond acceptors (Lipinski definition) is 7. The summed E-state index contributed by atoms with van der Waals surface area (Å²) in [5.74, 6) is -2.24. The number of likely N-dealkylation sites (N-methyl/N-ethyl adjacent to an activating group) is 1. The summed E-state index contributed by atoms with van der Waals surface area (Å²) in [6.07, 6.45) is 0.370. The second-order valence-corrected chi connectivity index (χ2v) is 7.04. The molecular weight excluding hydrogens is 383 g/mol. The zero-order valence-electron chi connectivity index (χ0n) is 15.3. The largest absolute Gasteiger partial charge is 0.368 e. The highest BCUT2D eigenvalue weighted by molar-refractivity contribution is 7.16. The first-order valence-electron chi connectivity index (χ1n) is 8.44. The predicted molar refractivity (Wildman–Crippen MR) is 107 cm³/mol. The second-order valence-electron chi connectivity index (χ2n) is 6.15. The van der Waals surface area contributed by atoms with Crippen LogP contribution in [0.1, 0.15) is 23.7 Å². The summed E-state index contributed by atoms with van der Waals surface area (Å²) >= 11 is 1.46. The Balaban J connectivity index is 2.04. The standard InChI is InChI=1S/C18H19FN6O2S/c1-3-13(16(21)27)25(2)18-11(19)7-10(15(20)26)17(24-18)23-9-4-5-12-14(6-9)28-8-22-12/h4-8,13H,3H2,1-2H3,(H2,20,26)(H2,21,27)(H,23,24). The van der Waals surface area contributed by atoms with Crippen molar-refractivity contribution in [3.63, 3.8) is 0 Å². The molecule has 0 aliphatic carbocycles. The van der Waals surface area contributed by atoms with Crippen LogP contribution < -0.4 is 21.7 Å². The number of amides is 2. The van der Waals surface area contributed by atoms with Crippen molar-refractivity contribution in [3.05, 3.63) is 41.2 Å². The molecule has 1 unspecified atom stereocenters. The lowest BCUT2D eigenvalue weighted by atomic mass is 10.1. The summed E-state index contributed by atoms with van der Waals surface area (Å²) in [6, 6.07) is 5.67. The molecular formula is C18H19FN6O2S. The number of nitrogens with two attached hydrogens (primary N) is 2. The first-order valence-corrected chi connectivity index (χ1v) is 9.32. The van der Waals surface area contributed by atoms with Crippen LogP contribution in [0.5, 0.6) is 0 Å². The molecule has 1 atom stereocenters. The minimum absolute atomic E-state index is 0.0824. The van der Waals surface area contributed by atoms with E-state index < -0.39 is 23.7 Å². The fourth-order valence-corrected chi connectivity index (χ4v) is 3.61. The molecule has 2 amide bonds. The maximum absolute atomic E-state index is 14.6. The molecule has 1 aromatic carbocycles. The van der Waals surface area contributed by atoms with E-state index in [0.717, 1.165) is 16.3 Å². The van der Waals surface area contributed by atoms with E-state index in [1.54, 1.807) is 18.5 Å². The number of primary amides is 2. The lowest BCUT2D eigenvalue weighted by Crippen LogP contribution is -2.43. The van der Waals surface area contributed by atoms with Crippen molar-refractivity contribution in [2.45, 2.75) is 19.4 Å². The summed E-state index contributed by atoms with van der Waals surface area (Å²) in [4.78, 5) is 33.2. The molecule has 0 bridgehead atoms. The number of anilines is 3. The molecule has 3 rings (SSSR count). The Morgan fingerprint density at radius 2 is 2.07 bits per heavy atom. The first kappa shape index (κ1) is 19.5. The van der Waals surface area contributed by atoms with Crippen molar-refractivity contribution in [1.82, 2.24) is 9.97 Å². The summed E-state index contributed by atoms with van der Waals surface area (Å²) in [7, 11) is 1.52. The van der Waals surface area contributed by atoms with Gasteiger partial charge in [0, 0.05) is 12.7 Å². The average Bonchev–Trinajstić information content (AvgIpc) is 3.10. The Labute approximate surface area is 164 Å². The van der Waals surface area contributed by atoms with E-state index in [-0.39, 0.29) is 17.2 Å². The van der Waals surface area contributed by atoms with E-state index in [0.29, 0.717) is 12.1 Å². The molecule has 3 aromatic rings. The van der Waals surface area contributed by atoms with Gasteiger partial charge in [-0.25, -0.2) is 14.4 Å². The van der Waals surface area contributed by atoms with E-state index >= 15 is 0 Å². The number of rotatable bonds is 7. The van der Waals surface area contributed by atoms with Crippen LogP contribution in [0.15, 0.2) is 29.8 Å². The van der Waals surface area contributed by atoms with Gasteiger partial charge in [0.2, 0.25) is 5.91 Å². The number of carbonyl (C=O) groups excluding carboxylic acids is 2. The zero-order valence-corrected chi connectivity index (χ0v) is 16.1. The van der Waals surface area contributed by atoms with E-state index in [9.17, 15) is 14.0 Å². The number of halogens is 1. The van der Waals surface area contributed by atoms with E-state index in [1.807, 2.05) is 12.1 Å². The third-order valence-corrected chi connectivity index (χ3v) is 5.13. The van der Waals surface area contributed by atoms with Gasteiger partial charge in [-0.1, -0.05) is 6.92 Å². The number of nitrogens with zero attached hydrogens (tertiary/aromatic N) is 3. The number of thiazole rings is 1. The quantitative estimate of drug-likeness (QED) is 0.557. The van der Waals surface area contributed by atoms with Crippen LogP contribution in [0, 0.1) is 5.82 Å². The van der Waals surface area contributed by atoms with Crippen molar-refractivity contribution in [3.8, 4) is 0 Å². The number of fused-ring (bicyclic) bond motifs is 1. The molecule has 2 aromatic heterocycles. The zero-order chi connectivity index (χ0) is 20.4. The maximum Gasteiger partial charge on any atom is 0.252 e. The van der Waals surface area contributed by atoms with Gasteiger partial charge >= 0.3 is 0 Å². The van der Waals surface area contributed by atoms with Crippen LogP contribution in [-0.2, 0) is 4.79 Å². The minimum atomic E-state index is -0.830. The van der Waals surface area contributed by atoms with Crippen LogP contribution in [0.2, 0.25) is 0 Å². The van der Waals surface area contributed by atoms with E-state index in [2.05, 4.69) is 15.3 Å². The first-order chi connectivity index (χ1) is 13.3. The molecule has 5 N–H and O–H groups in total. The molecule has 0 fully saturated rings. The Morgan fingerprint density at radius 3 is 2.71 bits per heavy atom. The number of pyridine rings is 1. The Morgan fingerprint density at radius 1 is 1.32 bits per heavy atom. The highest BCUT2D eigenvalue weighted by atomic mass is 32.1. The molecule has 2 heterocycles. The van der Waals surface area contributed by atoms with Crippen molar-refractivity contribution < 1.29 is 14.0 Å². The van der Waals surface area contributed by atoms with E-state index in [1.165, 1.54) is 23.3 Å². The van der Waals surface area contributed by atoms with Crippen molar-refractivity contribution >= 4 is 50.7 Å². The highest BCUT2D eigenvalue weighted by Gasteiger charge is 2.25. The molecule has 8 nitrogen and oxygen atoms in total. The van der Waals surface area contributed by atoms with Gasteiger partial charge in [-0.15, -0.1) is 11.3 Å². The summed E-state index contributed by atoms with van der Waals surface area (Å²) in [5, 5.41) is 3.00. The lowest BCUT2D eigenvalue weighted by molar-refractivity contribution is -0.119. The Kier molecular flexibility index (Phi) is 5.41. The normalized spacial score (nSPS) is 12.0. The SMILES string of the molecule is CCC(C(N)=O)N(C)c1nc(Nc2ccc3ncsc3c2)c(C(N)=O)cc1F. The molecule has 0 spiro atoms. The van der Waals surface area contributed by atoms with Gasteiger partial charge in [0.05, 0.1) is 21.3 Å².